The van der Waals surface area contributed by atoms with E-state index in [0.717, 1.165) is 0 Å². The van der Waals surface area contributed by atoms with Crippen LogP contribution in [0.1, 0.15) is 18.4 Å². The summed E-state index contributed by atoms with van der Waals surface area (Å²) < 4.78 is 23.8. The number of hydrogen-bond acceptors (Lipinski definition) is 3. The second-order valence-corrected chi connectivity index (χ2v) is 4.21. The number of rotatable bonds is 5. The molecule has 0 heterocycles. The SMILES string of the molecule is OCC#Cc1cc(F)cc(OCOCC2CC2)c1. The first kappa shape index (κ1) is 12.9. The minimum absolute atomic E-state index is 0.118. The molecule has 1 N–H and O–H groups in total. The fourth-order valence-electron chi connectivity index (χ4n) is 1.47. The highest BCUT2D eigenvalue weighted by Crippen LogP contribution is 2.28. The molecule has 96 valence electrons. The molecule has 4 heteroatoms. The molecule has 0 unspecified atom stereocenters. The summed E-state index contributed by atoms with van der Waals surface area (Å²) in [5.41, 5.74) is 0.473. The summed E-state index contributed by atoms with van der Waals surface area (Å²) in [7, 11) is 0. The molecule has 2 rings (SSSR count). The highest BCUT2D eigenvalue weighted by molar-refractivity contribution is 5.40. The van der Waals surface area contributed by atoms with Gasteiger partial charge in [0, 0.05) is 11.6 Å². The molecule has 1 aromatic carbocycles. The maximum Gasteiger partial charge on any atom is 0.189 e. The van der Waals surface area contributed by atoms with Crippen LogP contribution in [0.5, 0.6) is 5.75 Å². The minimum atomic E-state index is -0.420. The van der Waals surface area contributed by atoms with Crippen LogP contribution in [0.3, 0.4) is 0 Å². The van der Waals surface area contributed by atoms with Gasteiger partial charge in [0.05, 0.1) is 6.61 Å². The van der Waals surface area contributed by atoms with Gasteiger partial charge in [-0.05, 0) is 30.9 Å². The van der Waals surface area contributed by atoms with Crippen LogP contribution in [-0.4, -0.2) is 25.1 Å². The van der Waals surface area contributed by atoms with Crippen LogP contribution in [0.4, 0.5) is 4.39 Å². The molecule has 3 nitrogen and oxygen atoms in total. The van der Waals surface area contributed by atoms with Crippen molar-refractivity contribution in [2.24, 2.45) is 5.92 Å². The summed E-state index contributed by atoms with van der Waals surface area (Å²) in [5, 5.41) is 8.58. The highest BCUT2D eigenvalue weighted by Gasteiger charge is 2.21. The Morgan fingerprint density at radius 2 is 2.17 bits per heavy atom. The maximum atomic E-state index is 13.3. The lowest BCUT2D eigenvalue weighted by Crippen LogP contribution is -2.05. The summed E-state index contributed by atoms with van der Waals surface area (Å²) in [5.74, 6) is 5.73. The van der Waals surface area contributed by atoms with Crippen molar-refractivity contribution in [1.82, 2.24) is 0 Å². The van der Waals surface area contributed by atoms with Crippen LogP contribution in [-0.2, 0) is 4.74 Å². The number of benzene rings is 1. The van der Waals surface area contributed by atoms with E-state index in [1.807, 2.05) is 0 Å². The average Bonchev–Trinajstić information content (AvgIpc) is 3.15. The third-order valence-corrected chi connectivity index (χ3v) is 2.54. The first-order valence-electron chi connectivity index (χ1n) is 5.89. The van der Waals surface area contributed by atoms with Crippen LogP contribution < -0.4 is 4.74 Å². The molecule has 18 heavy (non-hydrogen) atoms. The zero-order valence-corrected chi connectivity index (χ0v) is 9.99. The summed E-state index contributed by atoms with van der Waals surface area (Å²) in [6.45, 7) is 0.566. The van der Waals surface area contributed by atoms with Crippen molar-refractivity contribution in [3.05, 3.63) is 29.6 Å². The molecule has 0 aliphatic heterocycles. The van der Waals surface area contributed by atoms with Crippen LogP contribution in [0.2, 0.25) is 0 Å². The van der Waals surface area contributed by atoms with Gasteiger partial charge in [-0.2, -0.15) is 0 Å². The van der Waals surface area contributed by atoms with Gasteiger partial charge in [-0.25, -0.2) is 4.39 Å². The molecule has 1 saturated carbocycles. The van der Waals surface area contributed by atoms with E-state index in [-0.39, 0.29) is 13.4 Å². The van der Waals surface area contributed by atoms with Crippen LogP contribution in [0.25, 0.3) is 0 Å². The molecule has 1 aliphatic carbocycles. The average molecular weight is 250 g/mol. The summed E-state index contributed by atoms with van der Waals surface area (Å²) >= 11 is 0. The van der Waals surface area contributed by atoms with Gasteiger partial charge in [-0.1, -0.05) is 11.8 Å². The summed E-state index contributed by atoms with van der Waals surface area (Å²) in [4.78, 5) is 0. The summed E-state index contributed by atoms with van der Waals surface area (Å²) in [6.07, 6.45) is 2.45. The molecule has 0 bridgehead atoms. The fourth-order valence-corrected chi connectivity index (χ4v) is 1.47. The van der Waals surface area contributed by atoms with Crippen molar-refractivity contribution >= 4 is 0 Å². The van der Waals surface area contributed by atoms with Gasteiger partial charge in [-0.3, -0.25) is 0 Å². The quantitative estimate of drug-likeness (QED) is 0.493. The van der Waals surface area contributed by atoms with E-state index in [2.05, 4.69) is 11.8 Å². The Bertz CT molecular complexity index is 458. The maximum absolute atomic E-state index is 13.3. The van der Waals surface area contributed by atoms with Gasteiger partial charge >= 0.3 is 0 Å². The Kier molecular flexibility index (Phi) is 4.57. The Morgan fingerprint density at radius 3 is 2.89 bits per heavy atom. The largest absolute Gasteiger partial charge is 0.467 e. The molecule has 0 amide bonds. The predicted octanol–water partition coefficient (Wildman–Crippen LogP) is 1.93. The van der Waals surface area contributed by atoms with Crippen molar-refractivity contribution in [3.63, 3.8) is 0 Å². The van der Waals surface area contributed by atoms with E-state index in [4.69, 9.17) is 14.6 Å². The number of hydrogen-bond donors (Lipinski definition) is 1. The highest BCUT2D eigenvalue weighted by atomic mass is 19.1. The van der Waals surface area contributed by atoms with Gasteiger partial charge in [0.1, 0.15) is 18.2 Å². The molecule has 0 aromatic heterocycles. The molecule has 0 atom stereocenters. The van der Waals surface area contributed by atoms with Crippen molar-refractivity contribution < 1.29 is 19.0 Å². The third kappa shape index (κ3) is 4.36. The molecular formula is C14H15FO3. The van der Waals surface area contributed by atoms with Crippen molar-refractivity contribution in [1.29, 1.82) is 0 Å². The van der Waals surface area contributed by atoms with Gasteiger partial charge in [-0.15, -0.1) is 0 Å². The Labute approximate surface area is 106 Å². The number of ether oxygens (including phenoxy) is 2. The first-order chi connectivity index (χ1) is 8.78. The van der Waals surface area contributed by atoms with Crippen LogP contribution in [0.15, 0.2) is 18.2 Å². The Balaban J connectivity index is 1.87. The van der Waals surface area contributed by atoms with E-state index in [1.165, 1.54) is 25.0 Å². The lowest BCUT2D eigenvalue weighted by Gasteiger charge is -2.07. The zero-order valence-electron chi connectivity index (χ0n) is 9.99. The van der Waals surface area contributed by atoms with E-state index in [1.54, 1.807) is 6.07 Å². The van der Waals surface area contributed by atoms with E-state index < -0.39 is 5.82 Å². The van der Waals surface area contributed by atoms with Gasteiger partial charge in [0.25, 0.3) is 0 Å². The van der Waals surface area contributed by atoms with E-state index >= 15 is 0 Å². The lowest BCUT2D eigenvalue weighted by atomic mass is 10.2. The normalized spacial score (nSPS) is 13.9. The Morgan fingerprint density at radius 1 is 1.33 bits per heavy atom. The third-order valence-electron chi connectivity index (χ3n) is 2.54. The van der Waals surface area contributed by atoms with Gasteiger partial charge in [0.15, 0.2) is 6.79 Å². The van der Waals surface area contributed by atoms with E-state index in [0.29, 0.717) is 23.8 Å². The predicted molar refractivity (Wildman–Crippen MR) is 64.5 cm³/mol. The molecule has 0 saturated heterocycles. The molecular weight excluding hydrogens is 235 g/mol. The second kappa shape index (κ2) is 6.39. The van der Waals surface area contributed by atoms with Crippen molar-refractivity contribution in [2.75, 3.05) is 20.0 Å². The van der Waals surface area contributed by atoms with Gasteiger partial charge < -0.3 is 14.6 Å². The number of aliphatic hydroxyl groups is 1. The lowest BCUT2D eigenvalue weighted by molar-refractivity contribution is 0.00983. The topological polar surface area (TPSA) is 38.7 Å². The molecule has 1 aliphatic rings. The minimum Gasteiger partial charge on any atom is -0.467 e. The molecule has 1 fully saturated rings. The monoisotopic (exact) mass is 250 g/mol. The van der Waals surface area contributed by atoms with Crippen molar-refractivity contribution in [2.45, 2.75) is 12.8 Å². The van der Waals surface area contributed by atoms with Crippen LogP contribution in [0, 0.1) is 23.6 Å². The molecule has 1 aromatic rings. The first-order valence-corrected chi connectivity index (χ1v) is 5.89. The standard InChI is InChI=1S/C14H15FO3/c15-13-6-12(2-1-5-16)7-14(8-13)18-10-17-9-11-3-4-11/h6-8,11,16H,3-5,9-10H2. The smallest absolute Gasteiger partial charge is 0.189 e. The number of halogens is 1. The molecule has 0 spiro atoms. The Hall–Kier alpha value is -1.57. The second-order valence-electron chi connectivity index (χ2n) is 4.21. The van der Waals surface area contributed by atoms with Gasteiger partial charge in [0.2, 0.25) is 0 Å². The molecule has 0 radical (unpaired) electrons. The summed E-state index contributed by atoms with van der Waals surface area (Å²) in [6, 6.07) is 4.19. The number of aliphatic hydroxyl groups excluding tert-OH is 1. The zero-order chi connectivity index (χ0) is 12.8. The van der Waals surface area contributed by atoms with Crippen molar-refractivity contribution in [3.8, 4) is 17.6 Å². The fraction of sp³-hybridized carbons (Fsp3) is 0.429. The van der Waals surface area contributed by atoms with Crippen LogP contribution >= 0.6 is 0 Å². The van der Waals surface area contributed by atoms with E-state index in [9.17, 15) is 4.39 Å².